The van der Waals surface area contributed by atoms with E-state index < -0.39 is 6.04 Å². The number of urea groups is 1. The second-order valence-electron chi connectivity index (χ2n) is 6.62. The normalized spacial score (nSPS) is 19.3. The molecule has 0 aromatic carbocycles. The predicted octanol–water partition coefficient (Wildman–Crippen LogP) is 1.95. The molecule has 7 nitrogen and oxygen atoms in total. The Morgan fingerprint density at radius 3 is 2.79 bits per heavy atom. The molecule has 2 aliphatic rings. The summed E-state index contributed by atoms with van der Waals surface area (Å²) < 4.78 is 0. The molecule has 4 rings (SSSR count). The molecule has 4 amide bonds. The van der Waals surface area contributed by atoms with Crippen molar-refractivity contribution < 1.29 is 14.4 Å². The van der Waals surface area contributed by atoms with Gasteiger partial charge in [-0.3, -0.25) is 19.5 Å². The average molecular weight is 417 g/mol. The molecule has 1 atom stereocenters. The lowest BCUT2D eigenvalue weighted by Gasteiger charge is -2.35. The van der Waals surface area contributed by atoms with Crippen LogP contribution in [0, 0.1) is 0 Å². The monoisotopic (exact) mass is 416 g/mol. The minimum atomic E-state index is -0.556. The Kier molecular flexibility index (Phi) is 5.63. The van der Waals surface area contributed by atoms with Crippen LogP contribution >= 0.6 is 23.1 Å². The van der Waals surface area contributed by atoms with Crippen LogP contribution in [0.1, 0.15) is 4.88 Å². The minimum absolute atomic E-state index is 0.0150. The van der Waals surface area contributed by atoms with Gasteiger partial charge in [-0.1, -0.05) is 6.07 Å². The summed E-state index contributed by atoms with van der Waals surface area (Å²) >= 11 is 3.07. The number of pyridine rings is 1. The summed E-state index contributed by atoms with van der Waals surface area (Å²) in [4.78, 5) is 48.7. The number of carbonyl (C=O) groups is 3. The average Bonchev–Trinajstić information content (AvgIpc) is 3.33. The largest absolute Gasteiger partial charge is 0.338 e. The lowest BCUT2D eigenvalue weighted by Crippen LogP contribution is -2.55. The molecule has 1 unspecified atom stereocenters. The Morgan fingerprint density at radius 2 is 2.04 bits per heavy atom. The van der Waals surface area contributed by atoms with Crippen LogP contribution < -0.4 is 0 Å². The molecule has 4 heterocycles. The number of hydrogen-bond donors (Lipinski definition) is 0. The van der Waals surface area contributed by atoms with E-state index in [9.17, 15) is 14.4 Å². The molecule has 0 bridgehead atoms. The molecule has 0 radical (unpaired) electrons. The van der Waals surface area contributed by atoms with Crippen molar-refractivity contribution in [3.05, 3.63) is 46.9 Å². The lowest BCUT2D eigenvalue weighted by molar-refractivity contribution is -0.134. The molecule has 0 saturated carbocycles. The van der Waals surface area contributed by atoms with Gasteiger partial charge in [0.1, 0.15) is 6.04 Å². The Bertz CT molecular complexity index is 859. The summed E-state index contributed by atoms with van der Waals surface area (Å²) in [5, 5.41) is 1.99. The zero-order valence-electron chi connectivity index (χ0n) is 15.2. The Labute approximate surface area is 171 Å². The molecule has 9 heteroatoms. The molecule has 2 saturated heterocycles. The maximum absolute atomic E-state index is 12.8. The number of thiophene rings is 1. The molecule has 2 aromatic rings. The van der Waals surface area contributed by atoms with E-state index in [-0.39, 0.29) is 24.4 Å². The van der Waals surface area contributed by atoms with E-state index in [0.717, 1.165) is 9.77 Å². The summed E-state index contributed by atoms with van der Waals surface area (Å²) in [5.41, 5.74) is 0. The fourth-order valence-corrected chi connectivity index (χ4v) is 4.92. The molecule has 2 aliphatic heterocycles. The molecule has 2 fully saturated rings. The van der Waals surface area contributed by atoms with Crippen molar-refractivity contribution in [2.75, 3.05) is 31.9 Å². The van der Waals surface area contributed by atoms with Crippen LogP contribution in [0.25, 0.3) is 0 Å². The molecule has 0 aliphatic carbocycles. The number of hydrogen-bond acceptors (Lipinski definition) is 6. The first-order valence-corrected chi connectivity index (χ1v) is 10.9. The Morgan fingerprint density at radius 1 is 1.21 bits per heavy atom. The highest BCUT2D eigenvalue weighted by Crippen LogP contribution is 2.24. The van der Waals surface area contributed by atoms with Crippen LogP contribution in [0.2, 0.25) is 0 Å². The van der Waals surface area contributed by atoms with E-state index in [1.165, 1.54) is 16.7 Å². The summed E-state index contributed by atoms with van der Waals surface area (Å²) in [6, 6.07) is 6.90. The number of amides is 4. The Balaban J connectivity index is 1.34. The number of carbonyl (C=O) groups excluding carboxylic acids is 3. The second-order valence-corrected chi connectivity index (χ2v) is 8.70. The fraction of sp³-hybridized carbons (Fsp3) is 0.368. The molecule has 146 valence electrons. The minimum Gasteiger partial charge on any atom is -0.338 e. The van der Waals surface area contributed by atoms with Crippen molar-refractivity contribution in [2.45, 2.75) is 17.4 Å². The van der Waals surface area contributed by atoms with Gasteiger partial charge in [-0.2, -0.15) is 0 Å². The fourth-order valence-electron chi connectivity index (χ4n) is 3.43. The van der Waals surface area contributed by atoms with E-state index in [1.54, 1.807) is 33.5 Å². The van der Waals surface area contributed by atoms with E-state index >= 15 is 0 Å². The highest BCUT2D eigenvalue weighted by atomic mass is 32.2. The molecular weight excluding hydrogens is 396 g/mol. The van der Waals surface area contributed by atoms with Gasteiger partial charge in [0.05, 0.1) is 12.3 Å². The summed E-state index contributed by atoms with van der Waals surface area (Å²) in [6.45, 7) is 1.52. The van der Waals surface area contributed by atoms with Gasteiger partial charge in [-0.15, -0.1) is 23.1 Å². The number of rotatable bonds is 6. The SMILES string of the molecule is O=C(CSc1ccncc1)N1CCN2C(=O)N(CCc3cccs3)C(=O)C2C1. The smallest absolute Gasteiger partial charge is 0.327 e. The first-order chi connectivity index (χ1) is 13.6. The molecule has 2 aromatic heterocycles. The zero-order valence-corrected chi connectivity index (χ0v) is 16.8. The molecule has 0 N–H and O–H groups in total. The third-order valence-electron chi connectivity index (χ3n) is 4.93. The maximum atomic E-state index is 12.8. The Hall–Kier alpha value is -2.39. The second kappa shape index (κ2) is 8.32. The van der Waals surface area contributed by atoms with Gasteiger partial charge in [-0.25, -0.2) is 4.79 Å². The van der Waals surface area contributed by atoms with Crippen LogP contribution in [-0.2, 0) is 16.0 Å². The maximum Gasteiger partial charge on any atom is 0.327 e. The van der Waals surface area contributed by atoms with Crippen LogP contribution in [0.5, 0.6) is 0 Å². The first-order valence-electron chi connectivity index (χ1n) is 9.08. The molecular formula is C19H20N4O3S2. The third kappa shape index (κ3) is 3.90. The number of fused-ring (bicyclic) bond motifs is 1. The van der Waals surface area contributed by atoms with Crippen molar-refractivity contribution in [2.24, 2.45) is 0 Å². The quantitative estimate of drug-likeness (QED) is 0.532. The van der Waals surface area contributed by atoms with Gasteiger partial charge in [0, 0.05) is 41.8 Å². The number of imide groups is 1. The zero-order chi connectivity index (χ0) is 19.5. The van der Waals surface area contributed by atoms with Gasteiger partial charge in [0.25, 0.3) is 5.91 Å². The van der Waals surface area contributed by atoms with Crippen LogP contribution in [0.3, 0.4) is 0 Å². The lowest BCUT2D eigenvalue weighted by atomic mass is 10.2. The van der Waals surface area contributed by atoms with E-state index in [0.29, 0.717) is 31.8 Å². The van der Waals surface area contributed by atoms with Crippen LogP contribution in [0.15, 0.2) is 46.9 Å². The predicted molar refractivity (Wildman–Crippen MR) is 107 cm³/mol. The number of nitrogens with zero attached hydrogens (tertiary/aromatic N) is 4. The third-order valence-corrected chi connectivity index (χ3v) is 6.87. The summed E-state index contributed by atoms with van der Waals surface area (Å²) in [6.07, 6.45) is 4.05. The van der Waals surface area contributed by atoms with E-state index in [2.05, 4.69) is 4.98 Å². The molecule has 0 spiro atoms. The van der Waals surface area contributed by atoms with Crippen LogP contribution in [0.4, 0.5) is 4.79 Å². The van der Waals surface area contributed by atoms with Gasteiger partial charge in [-0.05, 0) is 30.0 Å². The summed E-state index contributed by atoms with van der Waals surface area (Å²) in [7, 11) is 0. The van der Waals surface area contributed by atoms with Gasteiger partial charge < -0.3 is 9.80 Å². The van der Waals surface area contributed by atoms with Crippen molar-refractivity contribution >= 4 is 40.9 Å². The van der Waals surface area contributed by atoms with Gasteiger partial charge in [0.2, 0.25) is 5.91 Å². The van der Waals surface area contributed by atoms with Crippen molar-refractivity contribution in [3.8, 4) is 0 Å². The highest BCUT2D eigenvalue weighted by molar-refractivity contribution is 8.00. The van der Waals surface area contributed by atoms with E-state index in [1.807, 2.05) is 29.6 Å². The summed E-state index contributed by atoms with van der Waals surface area (Å²) in [5.74, 6) is 0.0978. The van der Waals surface area contributed by atoms with Crippen molar-refractivity contribution in [1.29, 1.82) is 0 Å². The van der Waals surface area contributed by atoms with E-state index in [4.69, 9.17) is 0 Å². The van der Waals surface area contributed by atoms with Gasteiger partial charge in [0.15, 0.2) is 0 Å². The number of piperazine rings is 1. The van der Waals surface area contributed by atoms with Crippen LogP contribution in [-0.4, -0.2) is 75.5 Å². The van der Waals surface area contributed by atoms with Crippen molar-refractivity contribution in [1.82, 2.24) is 19.7 Å². The number of aromatic nitrogens is 1. The number of thioether (sulfide) groups is 1. The van der Waals surface area contributed by atoms with Gasteiger partial charge >= 0.3 is 6.03 Å². The topological polar surface area (TPSA) is 73.8 Å². The van der Waals surface area contributed by atoms with Crippen molar-refractivity contribution in [3.63, 3.8) is 0 Å². The highest BCUT2D eigenvalue weighted by Gasteiger charge is 2.47. The standard InChI is InChI=1S/C19H20N4O3S2/c24-17(13-28-15-3-6-20-7-4-15)21-9-10-22-16(12-21)18(25)23(19(22)26)8-5-14-2-1-11-27-14/h1-4,6-7,11,16H,5,8-10,12-13H2. The first kappa shape index (κ1) is 18.9. The molecule has 28 heavy (non-hydrogen) atoms.